The Morgan fingerprint density at radius 1 is 1.00 bits per heavy atom. The SMILES string of the molecule is O=C(Cc1ccccc1F)NCCC1CCN(C(=O)Nc2ccc(F)cc2F)CC1. The van der Waals surface area contributed by atoms with Crippen molar-refractivity contribution in [2.75, 3.05) is 25.0 Å². The molecule has 5 nitrogen and oxygen atoms in total. The number of nitrogens with one attached hydrogen (secondary N) is 2. The molecule has 30 heavy (non-hydrogen) atoms. The van der Waals surface area contributed by atoms with Crippen LogP contribution in [-0.2, 0) is 11.2 Å². The Labute approximate surface area is 173 Å². The van der Waals surface area contributed by atoms with Crippen molar-refractivity contribution in [1.82, 2.24) is 10.2 Å². The Bertz CT molecular complexity index is 899. The van der Waals surface area contributed by atoms with Gasteiger partial charge in [-0.1, -0.05) is 18.2 Å². The number of anilines is 1. The summed E-state index contributed by atoms with van der Waals surface area (Å²) in [5.74, 6) is -1.78. The third-order valence-electron chi connectivity index (χ3n) is 5.26. The largest absolute Gasteiger partial charge is 0.356 e. The maximum absolute atomic E-state index is 13.7. The van der Waals surface area contributed by atoms with Crippen molar-refractivity contribution >= 4 is 17.6 Å². The van der Waals surface area contributed by atoms with Crippen LogP contribution in [-0.4, -0.2) is 36.5 Å². The van der Waals surface area contributed by atoms with Gasteiger partial charge in [0.25, 0.3) is 0 Å². The average molecular weight is 419 g/mol. The summed E-state index contributed by atoms with van der Waals surface area (Å²) in [6.07, 6.45) is 2.31. The molecule has 0 aromatic heterocycles. The normalized spacial score (nSPS) is 14.4. The highest BCUT2D eigenvalue weighted by atomic mass is 19.1. The summed E-state index contributed by atoms with van der Waals surface area (Å²) in [6, 6.07) is 8.79. The second-order valence-corrected chi connectivity index (χ2v) is 7.39. The van der Waals surface area contributed by atoms with Gasteiger partial charge in [0.2, 0.25) is 5.91 Å². The second-order valence-electron chi connectivity index (χ2n) is 7.39. The van der Waals surface area contributed by atoms with E-state index in [1.165, 1.54) is 12.1 Å². The smallest absolute Gasteiger partial charge is 0.321 e. The molecule has 0 bridgehead atoms. The van der Waals surface area contributed by atoms with Gasteiger partial charge < -0.3 is 15.5 Å². The van der Waals surface area contributed by atoms with Crippen LogP contribution < -0.4 is 10.6 Å². The van der Waals surface area contributed by atoms with E-state index in [1.807, 2.05) is 0 Å². The Balaban J connectivity index is 1.36. The fourth-order valence-electron chi connectivity index (χ4n) is 3.50. The van der Waals surface area contributed by atoms with Crippen LogP contribution in [0.5, 0.6) is 0 Å². The van der Waals surface area contributed by atoms with E-state index >= 15 is 0 Å². The van der Waals surface area contributed by atoms with Gasteiger partial charge in [-0.25, -0.2) is 18.0 Å². The van der Waals surface area contributed by atoms with Crippen LogP contribution in [0.3, 0.4) is 0 Å². The molecule has 160 valence electrons. The molecule has 1 aliphatic rings. The molecule has 0 atom stereocenters. The lowest BCUT2D eigenvalue weighted by molar-refractivity contribution is -0.120. The summed E-state index contributed by atoms with van der Waals surface area (Å²) < 4.78 is 40.2. The predicted molar refractivity (Wildman–Crippen MR) is 107 cm³/mol. The molecule has 3 amide bonds. The minimum absolute atomic E-state index is 0.00519. The molecule has 0 radical (unpaired) electrons. The number of carbonyl (C=O) groups excluding carboxylic acids is 2. The van der Waals surface area contributed by atoms with E-state index in [9.17, 15) is 22.8 Å². The van der Waals surface area contributed by atoms with Crippen molar-refractivity contribution in [1.29, 1.82) is 0 Å². The summed E-state index contributed by atoms with van der Waals surface area (Å²) in [7, 11) is 0. The van der Waals surface area contributed by atoms with Crippen LogP contribution in [0.4, 0.5) is 23.7 Å². The number of rotatable bonds is 6. The number of amides is 3. The molecule has 1 saturated heterocycles. The van der Waals surface area contributed by atoms with Gasteiger partial charge in [0, 0.05) is 25.7 Å². The Morgan fingerprint density at radius 3 is 2.43 bits per heavy atom. The quantitative estimate of drug-likeness (QED) is 0.741. The van der Waals surface area contributed by atoms with Crippen molar-refractivity contribution in [2.45, 2.75) is 25.7 Å². The Kier molecular flexibility index (Phi) is 7.32. The van der Waals surface area contributed by atoms with Gasteiger partial charge in [-0.15, -0.1) is 0 Å². The molecule has 0 saturated carbocycles. The number of urea groups is 1. The van der Waals surface area contributed by atoms with Crippen LogP contribution in [0.2, 0.25) is 0 Å². The number of benzene rings is 2. The molecule has 2 aromatic rings. The highest BCUT2D eigenvalue weighted by molar-refractivity contribution is 5.89. The Morgan fingerprint density at radius 2 is 1.73 bits per heavy atom. The molecule has 3 rings (SSSR count). The van der Waals surface area contributed by atoms with E-state index in [0.717, 1.165) is 31.4 Å². The van der Waals surface area contributed by atoms with E-state index in [1.54, 1.807) is 23.1 Å². The van der Waals surface area contributed by atoms with Crippen LogP contribution in [0, 0.1) is 23.4 Å². The lowest BCUT2D eigenvalue weighted by atomic mass is 9.93. The molecule has 0 unspecified atom stereocenters. The van der Waals surface area contributed by atoms with E-state index in [0.29, 0.717) is 31.1 Å². The average Bonchev–Trinajstić information content (AvgIpc) is 2.72. The molecular weight excluding hydrogens is 395 g/mol. The van der Waals surface area contributed by atoms with Gasteiger partial charge in [-0.05, 0) is 48.9 Å². The number of hydrogen-bond acceptors (Lipinski definition) is 2. The van der Waals surface area contributed by atoms with Crippen LogP contribution in [0.15, 0.2) is 42.5 Å². The van der Waals surface area contributed by atoms with Crippen molar-refractivity contribution in [3.05, 3.63) is 65.5 Å². The van der Waals surface area contributed by atoms with Crippen molar-refractivity contribution < 1.29 is 22.8 Å². The van der Waals surface area contributed by atoms with Gasteiger partial charge in [-0.2, -0.15) is 0 Å². The van der Waals surface area contributed by atoms with Gasteiger partial charge in [0.05, 0.1) is 12.1 Å². The number of carbonyl (C=O) groups is 2. The zero-order valence-electron chi connectivity index (χ0n) is 16.5. The fraction of sp³-hybridized carbons (Fsp3) is 0.364. The first-order chi connectivity index (χ1) is 14.4. The summed E-state index contributed by atoms with van der Waals surface area (Å²) >= 11 is 0. The third-order valence-corrected chi connectivity index (χ3v) is 5.26. The molecule has 0 aliphatic carbocycles. The molecule has 0 spiro atoms. The second kappa shape index (κ2) is 10.1. The summed E-state index contributed by atoms with van der Waals surface area (Å²) in [5, 5.41) is 5.28. The van der Waals surface area contributed by atoms with E-state index in [2.05, 4.69) is 10.6 Å². The number of piperidine rings is 1. The van der Waals surface area contributed by atoms with Crippen LogP contribution in [0.1, 0.15) is 24.8 Å². The summed E-state index contributed by atoms with van der Waals surface area (Å²) in [4.78, 5) is 25.9. The highest BCUT2D eigenvalue weighted by Gasteiger charge is 2.23. The zero-order chi connectivity index (χ0) is 21.5. The molecule has 1 fully saturated rings. The van der Waals surface area contributed by atoms with Crippen molar-refractivity contribution in [2.24, 2.45) is 5.92 Å². The highest BCUT2D eigenvalue weighted by Crippen LogP contribution is 2.22. The Hall–Kier alpha value is -3.03. The zero-order valence-corrected chi connectivity index (χ0v) is 16.5. The monoisotopic (exact) mass is 419 g/mol. The lowest BCUT2D eigenvalue weighted by Gasteiger charge is -2.32. The molecule has 1 heterocycles. The van der Waals surface area contributed by atoms with Gasteiger partial charge in [0.15, 0.2) is 0 Å². The van der Waals surface area contributed by atoms with Crippen molar-refractivity contribution in [3.63, 3.8) is 0 Å². The molecule has 2 N–H and O–H groups in total. The van der Waals surface area contributed by atoms with Gasteiger partial charge in [-0.3, -0.25) is 4.79 Å². The van der Waals surface area contributed by atoms with E-state index in [-0.39, 0.29) is 23.8 Å². The number of halogens is 3. The van der Waals surface area contributed by atoms with Gasteiger partial charge in [0.1, 0.15) is 17.5 Å². The molecule has 2 aromatic carbocycles. The van der Waals surface area contributed by atoms with Crippen LogP contribution >= 0.6 is 0 Å². The molecular formula is C22H24F3N3O2. The maximum Gasteiger partial charge on any atom is 0.321 e. The minimum Gasteiger partial charge on any atom is -0.356 e. The first kappa shape index (κ1) is 21.7. The maximum atomic E-state index is 13.7. The van der Waals surface area contributed by atoms with E-state index in [4.69, 9.17) is 0 Å². The standard InChI is InChI=1S/C22H24F3N3O2/c23-17-5-6-20(19(25)14-17)27-22(30)28-11-8-15(9-12-28)7-10-26-21(29)13-16-3-1-2-4-18(16)24/h1-6,14-15H,7-13H2,(H,26,29)(H,27,30). The predicted octanol–water partition coefficient (Wildman–Crippen LogP) is 4.10. The fourth-order valence-corrected chi connectivity index (χ4v) is 3.50. The van der Waals surface area contributed by atoms with Gasteiger partial charge >= 0.3 is 6.03 Å². The lowest BCUT2D eigenvalue weighted by Crippen LogP contribution is -2.41. The third kappa shape index (κ3) is 5.98. The topological polar surface area (TPSA) is 61.4 Å². The van der Waals surface area contributed by atoms with E-state index < -0.39 is 17.7 Å². The molecule has 1 aliphatic heterocycles. The van der Waals surface area contributed by atoms with Crippen LogP contribution in [0.25, 0.3) is 0 Å². The number of nitrogens with zero attached hydrogens (tertiary/aromatic N) is 1. The summed E-state index contributed by atoms with van der Waals surface area (Å²) in [6.45, 7) is 1.52. The minimum atomic E-state index is -0.815. The summed E-state index contributed by atoms with van der Waals surface area (Å²) in [5.41, 5.74) is 0.313. The number of likely N-dealkylation sites (tertiary alicyclic amines) is 1. The number of hydrogen-bond donors (Lipinski definition) is 2. The first-order valence-corrected chi connectivity index (χ1v) is 9.93. The molecule has 8 heteroatoms. The van der Waals surface area contributed by atoms with Crippen molar-refractivity contribution in [3.8, 4) is 0 Å². The first-order valence-electron chi connectivity index (χ1n) is 9.93.